The molecule has 1 rings (SSSR count). The maximum atomic E-state index is 6.05. The molecule has 1 aliphatic carbocycles. The zero-order valence-corrected chi connectivity index (χ0v) is 18.2. The highest BCUT2D eigenvalue weighted by atomic mass is 14.5. The lowest BCUT2D eigenvalue weighted by Crippen LogP contribution is -2.20. The molecule has 25 heavy (non-hydrogen) atoms. The Labute approximate surface area is 159 Å². The predicted molar refractivity (Wildman–Crippen MR) is 114 cm³/mol. The fourth-order valence-corrected chi connectivity index (χ4v) is 4.88. The molecule has 1 nitrogen and oxygen atoms in total. The van der Waals surface area contributed by atoms with E-state index >= 15 is 0 Å². The summed E-state index contributed by atoms with van der Waals surface area (Å²) in [5, 5.41) is 0. The van der Waals surface area contributed by atoms with Gasteiger partial charge in [0.2, 0.25) is 0 Å². The minimum Gasteiger partial charge on any atom is -0.330 e. The van der Waals surface area contributed by atoms with Gasteiger partial charge in [0.25, 0.3) is 0 Å². The summed E-state index contributed by atoms with van der Waals surface area (Å²) in [7, 11) is 0. The van der Waals surface area contributed by atoms with Crippen LogP contribution in [0.1, 0.15) is 106 Å². The average molecular weight is 350 g/mol. The van der Waals surface area contributed by atoms with Crippen LogP contribution in [0.5, 0.6) is 0 Å². The Morgan fingerprint density at radius 1 is 1.08 bits per heavy atom. The third-order valence-electron chi connectivity index (χ3n) is 7.20. The quantitative estimate of drug-likeness (QED) is 0.455. The van der Waals surface area contributed by atoms with Crippen LogP contribution in [-0.2, 0) is 0 Å². The van der Waals surface area contributed by atoms with Gasteiger partial charge in [0.1, 0.15) is 0 Å². The summed E-state index contributed by atoms with van der Waals surface area (Å²) < 4.78 is 0. The molecule has 148 valence electrons. The number of rotatable bonds is 8. The Hall–Kier alpha value is -0.300. The Balaban J connectivity index is 3.19. The Bertz CT molecular complexity index is 384. The van der Waals surface area contributed by atoms with Gasteiger partial charge in [0, 0.05) is 0 Å². The highest BCUT2D eigenvalue weighted by Crippen LogP contribution is 2.41. The Morgan fingerprint density at radius 3 is 2.36 bits per heavy atom. The molecule has 0 aromatic rings. The van der Waals surface area contributed by atoms with Crippen LogP contribution < -0.4 is 5.73 Å². The molecule has 1 heteroatoms. The second-order valence-electron chi connectivity index (χ2n) is 8.97. The summed E-state index contributed by atoms with van der Waals surface area (Å²) in [6.45, 7) is 15.4. The van der Waals surface area contributed by atoms with Crippen LogP contribution in [0.3, 0.4) is 0 Å². The molecule has 1 aliphatic rings. The standard InChI is InChI=1S/C24H47N/c1-7-18(4)13-14-21(8-2)24-22(9-3)17-20(6)19(5)11-10-12-23(24)15-16-25/h18-20,22-23H,7-17,25H2,1-6H3/b24-21-. The first-order chi connectivity index (χ1) is 12.0. The molecular weight excluding hydrogens is 302 g/mol. The first-order valence-corrected chi connectivity index (χ1v) is 11.4. The lowest BCUT2D eigenvalue weighted by atomic mass is 9.74. The first kappa shape index (κ1) is 22.7. The van der Waals surface area contributed by atoms with E-state index in [0.717, 1.165) is 36.1 Å². The molecule has 1 saturated carbocycles. The van der Waals surface area contributed by atoms with Gasteiger partial charge in [-0.05, 0) is 81.1 Å². The lowest BCUT2D eigenvalue weighted by molar-refractivity contribution is 0.305. The van der Waals surface area contributed by atoms with Gasteiger partial charge in [-0.25, -0.2) is 0 Å². The van der Waals surface area contributed by atoms with Crippen molar-refractivity contribution >= 4 is 0 Å². The molecule has 0 aliphatic heterocycles. The van der Waals surface area contributed by atoms with Gasteiger partial charge in [-0.3, -0.25) is 0 Å². The maximum Gasteiger partial charge on any atom is -0.00716 e. The number of hydrogen-bond acceptors (Lipinski definition) is 1. The van der Waals surface area contributed by atoms with Gasteiger partial charge in [-0.15, -0.1) is 0 Å². The molecule has 0 heterocycles. The van der Waals surface area contributed by atoms with Crippen LogP contribution in [0.2, 0.25) is 0 Å². The second kappa shape index (κ2) is 12.2. The molecule has 0 amide bonds. The molecule has 0 saturated heterocycles. The van der Waals surface area contributed by atoms with E-state index in [2.05, 4.69) is 41.5 Å². The van der Waals surface area contributed by atoms with Gasteiger partial charge in [-0.1, -0.05) is 72.0 Å². The SMILES string of the molecule is CC/C(CCC(C)CC)=C1/C(CCN)CCCC(C)C(C)CC1CC. The zero-order chi connectivity index (χ0) is 18.8. The van der Waals surface area contributed by atoms with E-state index in [-0.39, 0.29) is 0 Å². The van der Waals surface area contributed by atoms with Crippen molar-refractivity contribution in [3.05, 3.63) is 11.1 Å². The van der Waals surface area contributed by atoms with Crippen LogP contribution in [0.25, 0.3) is 0 Å². The molecule has 0 spiro atoms. The lowest BCUT2D eigenvalue weighted by Gasteiger charge is -2.31. The van der Waals surface area contributed by atoms with E-state index in [0.29, 0.717) is 0 Å². The second-order valence-corrected chi connectivity index (χ2v) is 8.97. The number of hydrogen-bond donors (Lipinski definition) is 1. The van der Waals surface area contributed by atoms with Crippen molar-refractivity contribution in [1.29, 1.82) is 0 Å². The summed E-state index contributed by atoms with van der Waals surface area (Å²) in [6.07, 6.45) is 13.3. The highest BCUT2D eigenvalue weighted by Gasteiger charge is 2.28. The van der Waals surface area contributed by atoms with Gasteiger partial charge in [0.15, 0.2) is 0 Å². The largest absolute Gasteiger partial charge is 0.330 e. The number of nitrogens with two attached hydrogens (primary N) is 1. The zero-order valence-electron chi connectivity index (χ0n) is 18.2. The van der Waals surface area contributed by atoms with E-state index < -0.39 is 0 Å². The molecule has 0 aromatic heterocycles. The average Bonchev–Trinajstić information content (AvgIpc) is 2.66. The van der Waals surface area contributed by atoms with Gasteiger partial charge < -0.3 is 5.73 Å². The van der Waals surface area contributed by atoms with Crippen LogP contribution in [0, 0.1) is 29.6 Å². The van der Waals surface area contributed by atoms with Crippen molar-refractivity contribution < 1.29 is 0 Å². The normalized spacial score (nSPS) is 31.8. The summed E-state index contributed by atoms with van der Waals surface area (Å²) in [5.74, 6) is 4.12. The van der Waals surface area contributed by atoms with Gasteiger partial charge >= 0.3 is 0 Å². The smallest absolute Gasteiger partial charge is 0.00716 e. The van der Waals surface area contributed by atoms with Gasteiger partial charge in [-0.2, -0.15) is 0 Å². The molecule has 5 atom stereocenters. The topological polar surface area (TPSA) is 26.0 Å². The maximum absolute atomic E-state index is 6.05. The molecule has 0 aromatic carbocycles. The molecule has 5 unspecified atom stereocenters. The third-order valence-corrected chi connectivity index (χ3v) is 7.20. The molecular formula is C24H47N. The van der Waals surface area contributed by atoms with Crippen LogP contribution in [0.4, 0.5) is 0 Å². The predicted octanol–water partition coefficient (Wildman–Crippen LogP) is 7.36. The molecule has 2 N–H and O–H groups in total. The molecule has 0 radical (unpaired) electrons. The summed E-state index contributed by atoms with van der Waals surface area (Å²) in [5.41, 5.74) is 9.71. The van der Waals surface area contributed by atoms with E-state index in [9.17, 15) is 0 Å². The fourth-order valence-electron chi connectivity index (χ4n) is 4.88. The van der Waals surface area contributed by atoms with E-state index in [1.54, 1.807) is 5.57 Å². The van der Waals surface area contributed by atoms with Crippen molar-refractivity contribution in [3.8, 4) is 0 Å². The third kappa shape index (κ3) is 7.08. The summed E-state index contributed by atoms with van der Waals surface area (Å²) in [4.78, 5) is 0. The highest BCUT2D eigenvalue weighted by molar-refractivity contribution is 5.21. The van der Waals surface area contributed by atoms with Crippen molar-refractivity contribution in [3.63, 3.8) is 0 Å². The Morgan fingerprint density at radius 2 is 1.80 bits per heavy atom. The van der Waals surface area contributed by atoms with Crippen molar-refractivity contribution in [2.45, 2.75) is 106 Å². The fraction of sp³-hybridized carbons (Fsp3) is 0.917. The monoisotopic (exact) mass is 349 g/mol. The van der Waals surface area contributed by atoms with Crippen molar-refractivity contribution in [2.75, 3.05) is 6.54 Å². The van der Waals surface area contributed by atoms with E-state index in [1.807, 2.05) is 5.57 Å². The summed E-state index contributed by atoms with van der Waals surface area (Å²) >= 11 is 0. The minimum absolute atomic E-state index is 0.749. The Kier molecular flexibility index (Phi) is 11.1. The summed E-state index contributed by atoms with van der Waals surface area (Å²) in [6, 6.07) is 0. The van der Waals surface area contributed by atoms with Crippen molar-refractivity contribution in [2.24, 2.45) is 35.3 Å². The first-order valence-electron chi connectivity index (χ1n) is 11.4. The van der Waals surface area contributed by atoms with Gasteiger partial charge in [0.05, 0.1) is 0 Å². The van der Waals surface area contributed by atoms with Crippen LogP contribution in [-0.4, -0.2) is 6.54 Å². The minimum atomic E-state index is 0.749. The van der Waals surface area contributed by atoms with Crippen LogP contribution >= 0.6 is 0 Å². The molecule has 0 bridgehead atoms. The van der Waals surface area contributed by atoms with Crippen LogP contribution in [0.15, 0.2) is 11.1 Å². The van der Waals surface area contributed by atoms with E-state index in [4.69, 9.17) is 5.73 Å². The van der Waals surface area contributed by atoms with E-state index in [1.165, 1.54) is 64.2 Å². The van der Waals surface area contributed by atoms with Crippen molar-refractivity contribution in [1.82, 2.24) is 0 Å². The molecule has 1 fully saturated rings. The number of allylic oxidation sites excluding steroid dienone is 2.